The fraction of sp³-hybridized carbons (Fsp3) is 0.429. The van der Waals surface area contributed by atoms with Gasteiger partial charge in [-0.3, -0.25) is 9.69 Å². The first-order valence-electron chi connectivity index (χ1n) is 13.2. The zero-order chi connectivity index (χ0) is 26.8. The van der Waals surface area contributed by atoms with Gasteiger partial charge in [-0.1, -0.05) is 25.3 Å². The van der Waals surface area contributed by atoms with E-state index in [1.54, 1.807) is 35.6 Å². The van der Waals surface area contributed by atoms with Crippen LogP contribution in [0, 0.1) is 6.92 Å². The Morgan fingerprint density at radius 3 is 2.74 bits per heavy atom. The molecule has 0 aliphatic carbocycles. The van der Waals surface area contributed by atoms with Crippen LogP contribution in [-0.2, 0) is 4.74 Å². The molecular formula is C28H35N7O3. The molecule has 3 amide bonds. The molecule has 200 valence electrons. The van der Waals surface area contributed by atoms with Crippen molar-refractivity contribution in [2.24, 2.45) is 5.73 Å². The van der Waals surface area contributed by atoms with Crippen LogP contribution >= 0.6 is 0 Å². The van der Waals surface area contributed by atoms with Gasteiger partial charge in [0.2, 0.25) is 0 Å². The first-order chi connectivity index (χ1) is 18.3. The average Bonchev–Trinajstić information content (AvgIpc) is 3.32. The summed E-state index contributed by atoms with van der Waals surface area (Å²) in [4.78, 5) is 38.1. The normalized spacial score (nSPS) is 23.3. The molecular weight excluding hydrogens is 482 g/mol. The Hall–Kier alpha value is -3.76. The highest BCUT2D eigenvalue weighted by Gasteiger charge is 2.32. The van der Waals surface area contributed by atoms with Crippen LogP contribution in [0.15, 0.2) is 54.5 Å². The van der Waals surface area contributed by atoms with Gasteiger partial charge in [0.05, 0.1) is 17.4 Å². The number of fused-ring (bicyclic) bond motifs is 2. The number of carbonyl (C=O) groups is 2. The number of nitrogens with one attached hydrogen (secondary N) is 2. The minimum atomic E-state index is -0.453. The number of rotatable bonds is 8. The van der Waals surface area contributed by atoms with Crippen LogP contribution in [-0.4, -0.2) is 51.3 Å². The highest BCUT2D eigenvalue weighted by atomic mass is 16.5. The van der Waals surface area contributed by atoms with Gasteiger partial charge in [0.1, 0.15) is 12.0 Å². The van der Waals surface area contributed by atoms with Crippen LogP contribution in [0.5, 0.6) is 0 Å². The molecule has 5 rings (SSSR count). The Morgan fingerprint density at radius 2 is 1.89 bits per heavy atom. The molecule has 3 aliphatic rings. The summed E-state index contributed by atoms with van der Waals surface area (Å²) in [7, 11) is 0. The van der Waals surface area contributed by atoms with E-state index in [-0.39, 0.29) is 24.1 Å². The van der Waals surface area contributed by atoms with Crippen molar-refractivity contribution < 1.29 is 14.3 Å². The topological polar surface area (TPSA) is 126 Å². The maximum atomic E-state index is 12.9. The molecule has 5 heterocycles. The predicted octanol–water partition coefficient (Wildman–Crippen LogP) is 4.32. The maximum Gasteiger partial charge on any atom is 0.325 e. The van der Waals surface area contributed by atoms with Crippen molar-refractivity contribution in [3.63, 3.8) is 0 Å². The predicted molar refractivity (Wildman–Crippen MR) is 146 cm³/mol. The smallest absolute Gasteiger partial charge is 0.325 e. The zero-order valence-corrected chi connectivity index (χ0v) is 22.1. The van der Waals surface area contributed by atoms with Gasteiger partial charge in [-0.25, -0.2) is 14.8 Å². The summed E-state index contributed by atoms with van der Waals surface area (Å²) in [6, 6.07) is 5.33. The van der Waals surface area contributed by atoms with Crippen LogP contribution in [0.1, 0.15) is 61.9 Å². The third-order valence-electron chi connectivity index (χ3n) is 7.34. The summed E-state index contributed by atoms with van der Waals surface area (Å²) in [5, 5.41) is 5.77. The van der Waals surface area contributed by atoms with E-state index in [0.717, 1.165) is 54.7 Å². The third-order valence-corrected chi connectivity index (χ3v) is 7.34. The van der Waals surface area contributed by atoms with E-state index in [4.69, 9.17) is 10.5 Å². The number of aryl methyl sites for hydroxylation is 1. The largest absolute Gasteiger partial charge is 0.347 e. The van der Waals surface area contributed by atoms with Crippen LogP contribution < -0.4 is 21.3 Å². The van der Waals surface area contributed by atoms with Gasteiger partial charge < -0.3 is 26.0 Å². The monoisotopic (exact) mass is 517 g/mol. The number of nitrogens with zero attached hydrogens (tertiary/aromatic N) is 4. The summed E-state index contributed by atoms with van der Waals surface area (Å²) >= 11 is 0. The molecule has 0 spiro atoms. The lowest BCUT2D eigenvalue weighted by Crippen LogP contribution is -2.54. The molecule has 2 aromatic heterocycles. The quantitative estimate of drug-likeness (QED) is 0.352. The number of nitrogens with two attached hydrogens (primary N) is 1. The van der Waals surface area contributed by atoms with E-state index in [1.165, 1.54) is 0 Å². The maximum absolute atomic E-state index is 12.9. The van der Waals surface area contributed by atoms with Gasteiger partial charge in [0.25, 0.3) is 5.91 Å². The lowest BCUT2D eigenvalue weighted by molar-refractivity contribution is -0.00735. The van der Waals surface area contributed by atoms with Gasteiger partial charge in [-0.05, 0) is 69.0 Å². The van der Waals surface area contributed by atoms with Gasteiger partial charge in [0, 0.05) is 24.6 Å². The van der Waals surface area contributed by atoms with Crippen LogP contribution in [0.4, 0.5) is 22.1 Å². The van der Waals surface area contributed by atoms with Crippen molar-refractivity contribution in [3.05, 3.63) is 65.6 Å². The molecule has 3 aliphatic heterocycles. The van der Waals surface area contributed by atoms with E-state index < -0.39 is 12.4 Å². The second kappa shape index (κ2) is 10.9. The van der Waals surface area contributed by atoms with E-state index in [2.05, 4.69) is 32.4 Å². The molecule has 4 atom stereocenters. The van der Waals surface area contributed by atoms with Crippen molar-refractivity contribution in [3.8, 4) is 0 Å². The lowest BCUT2D eigenvalue weighted by atomic mass is 10.0. The first-order valence-corrected chi connectivity index (χ1v) is 13.2. The number of hydrogen-bond acceptors (Lipinski definition) is 7. The van der Waals surface area contributed by atoms with E-state index in [0.29, 0.717) is 11.4 Å². The van der Waals surface area contributed by atoms with Crippen molar-refractivity contribution >= 4 is 29.3 Å². The average molecular weight is 518 g/mol. The first kappa shape index (κ1) is 25.9. The SMILES string of the molecule is CC1=CN([C@H]2C=C[C@@H](CCCCCC(C)N3c4ncccc4C(=O)Nc4c(C)ccnc43)O2)C(=O)NC1N. The van der Waals surface area contributed by atoms with E-state index in [9.17, 15) is 9.59 Å². The summed E-state index contributed by atoms with van der Waals surface area (Å²) in [6.07, 6.45) is 13.2. The number of unbranched alkanes of at least 4 members (excludes halogenated alkanes) is 2. The second-order valence-corrected chi connectivity index (χ2v) is 10.2. The second-order valence-electron chi connectivity index (χ2n) is 10.2. The van der Waals surface area contributed by atoms with Crippen molar-refractivity contribution in [2.45, 2.75) is 77.4 Å². The Kier molecular flexibility index (Phi) is 7.44. The van der Waals surface area contributed by atoms with Crippen molar-refractivity contribution in [1.29, 1.82) is 0 Å². The molecule has 0 saturated carbocycles. The highest BCUT2D eigenvalue weighted by Crippen LogP contribution is 2.39. The fourth-order valence-electron chi connectivity index (χ4n) is 5.12. The molecule has 0 fully saturated rings. The number of urea groups is 1. The molecule has 0 bridgehead atoms. The summed E-state index contributed by atoms with van der Waals surface area (Å²) in [5.41, 5.74) is 9.00. The van der Waals surface area contributed by atoms with Gasteiger partial charge >= 0.3 is 6.03 Å². The summed E-state index contributed by atoms with van der Waals surface area (Å²) in [5.74, 6) is 1.20. The summed E-state index contributed by atoms with van der Waals surface area (Å²) in [6.45, 7) is 6.01. The molecule has 0 radical (unpaired) electrons. The minimum absolute atomic E-state index is 0.0210. The molecule has 0 saturated heterocycles. The molecule has 2 aromatic rings. The van der Waals surface area contributed by atoms with Gasteiger partial charge in [0.15, 0.2) is 12.0 Å². The zero-order valence-electron chi connectivity index (χ0n) is 22.1. The number of carbonyl (C=O) groups excluding carboxylic acids is 2. The molecule has 2 unspecified atom stereocenters. The Labute approximate surface area is 222 Å². The van der Waals surface area contributed by atoms with E-state index in [1.807, 2.05) is 32.1 Å². The van der Waals surface area contributed by atoms with Gasteiger partial charge in [-0.15, -0.1) is 0 Å². The Morgan fingerprint density at radius 1 is 1.08 bits per heavy atom. The minimum Gasteiger partial charge on any atom is -0.347 e. The van der Waals surface area contributed by atoms with Gasteiger partial charge in [-0.2, -0.15) is 0 Å². The number of ether oxygens (including phenoxy) is 1. The number of amides is 3. The molecule has 10 heteroatoms. The number of pyridine rings is 2. The van der Waals surface area contributed by atoms with Crippen molar-refractivity contribution in [2.75, 3.05) is 10.2 Å². The van der Waals surface area contributed by atoms with Crippen LogP contribution in [0.2, 0.25) is 0 Å². The van der Waals surface area contributed by atoms with E-state index >= 15 is 0 Å². The Bertz CT molecular complexity index is 1280. The summed E-state index contributed by atoms with van der Waals surface area (Å²) < 4.78 is 6.10. The highest BCUT2D eigenvalue weighted by molar-refractivity contribution is 6.11. The van der Waals surface area contributed by atoms with Crippen molar-refractivity contribution in [1.82, 2.24) is 20.2 Å². The Balaban J connectivity index is 1.16. The van der Waals surface area contributed by atoms with Crippen LogP contribution in [0.3, 0.4) is 0 Å². The molecule has 10 nitrogen and oxygen atoms in total. The third kappa shape index (κ3) is 5.14. The number of hydrogen-bond donors (Lipinski definition) is 3. The molecule has 0 aromatic carbocycles. The standard InChI is InChI=1S/C28H35N7O3/c1-17-13-15-31-26-23(17)32-27(36)21-10-7-14-30-25(21)35(26)19(3)8-5-4-6-9-20-11-12-22(38-20)34-16-18(2)24(29)33-28(34)37/h7,10-16,19-20,22,24H,4-6,8-9,29H2,1-3H3,(H,32,36)(H,33,37)/t19?,20-,22-,24?/m1/s1. The fourth-order valence-corrected chi connectivity index (χ4v) is 5.12. The number of aromatic nitrogens is 2. The number of anilines is 3. The molecule has 4 N–H and O–H groups in total. The van der Waals surface area contributed by atoms with Crippen LogP contribution in [0.25, 0.3) is 0 Å². The lowest BCUT2D eigenvalue weighted by Gasteiger charge is -2.32. The molecule has 38 heavy (non-hydrogen) atoms.